The summed E-state index contributed by atoms with van der Waals surface area (Å²) in [5.74, 6) is -0.510. The number of carbonyl (C=O) groups is 1. The minimum absolute atomic E-state index is 0.315. The van der Waals surface area contributed by atoms with Crippen LogP contribution < -0.4 is 0 Å². The molecule has 1 atom stereocenters. The maximum absolute atomic E-state index is 11.4. The first-order chi connectivity index (χ1) is 6.10. The van der Waals surface area contributed by atoms with Gasteiger partial charge < -0.3 is 14.2 Å². The van der Waals surface area contributed by atoms with Gasteiger partial charge in [-0.05, 0) is 20.8 Å². The van der Waals surface area contributed by atoms with Gasteiger partial charge in [0.25, 0.3) is 5.53 Å². The van der Waals surface area contributed by atoms with Gasteiger partial charge in [0.15, 0.2) is 0 Å². The minimum atomic E-state index is -1.33. The van der Waals surface area contributed by atoms with Crippen LogP contribution in [0.5, 0.6) is 0 Å². The minimum Gasteiger partial charge on any atom is -0.462 e. The molecule has 0 aromatic rings. The molecule has 0 saturated heterocycles. The lowest BCUT2D eigenvalue weighted by Gasteiger charge is -2.25. The van der Waals surface area contributed by atoms with Crippen LogP contribution in [0.3, 0.4) is 0 Å². The SMILES string of the molecule is CCOC(=O)C(P)(OCC)OCC. The molecule has 0 N–H and O–H groups in total. The summed E-state index contributed by atoms with van der Waals surface area (Å²) >= 11 is 0. The van der Waals surface area contributed by atoms with E-state index in [2.05, 4.69) is 9.24 Å². The number of carbonyl (C=O) groups excluding carboxylic acids is 1. The monoisotopic (exact) mass is 208 g/mol. The zero-order chi connectivity index (χ0) is 10.3. The van der Waals surface area contributed by atoms with Gasteiger partial charge in [0.05, 0.1) is 6.61 Å². The van der Waals surface area contributed by atoms with Crippen LogP contribution in [-0.4, -0.2) is 31.3 Å². The standard InChI is InChI=1S/C8H17O4P/c1-4-10-7(9)8(13,11-5-2)12-6-3/h4-6,13H2,1-3H3. The Hall–Kier alpha value is -0.180. The van der Waals surface area contributed by atoms with Gasteiger partial charge in [-0.3, -0.25) is 0 Å². The van der Waals surface area contributed by atoms with Crippen molar-refractivity contribution < 1.29 is 19.0 Å². The molecule has 0 rings (SSSR count). The molecule has 0 amide bonds. The Bertz CT molecular complexity index is 154. The summed E-state index contributed by atoms with van der Waals surface area (Å²) in [7, 11) is 2.23. The highest BCUT2D eigenvalue weighted by atomic mass is 31.0. The molecule has 0 aromatic heterocycles. The summed E-state index contributed by atoms with van der Waals surface area (Å²) in [5.41, 5.74) is -1.33. The summed E-state index contributed by atoms with van der Waals surface area (Å²) in [6.07, 6.45) is 0. The van der Waals surface area contributed by atoms with Crippen molar-refractivity contribution in [3.63, 3.8) is 0 Å². The van der Waals surface area contributed by atoms with E-state index in [-0.39, 0.29) is 0 Å². The van der Waals surface area contributed by atoms with Crippen LogP contribution >= 0.6 is 9.24 Å². The van der Waals surface area contributed by atoms with E-state index < -0.39 is 11.5 Å². The first-order valence-electron chi connectivity index (χ1n) is 4.34. The number of rotatable bonds is 6. The molecular weight excluding hydrogens is 191 g/mol. The van der Waals surface area contributed by atoms with Gasteiger partial charge in [0.1, 0.15) is 0 Å². The molecule has 1 unspecified atom stereocenters. The van der Waals surface area contributed by atoms with E-state index in [9.17, 15) is 4.79 Å². The van der Waals surface area contributed by atoms with Crippen LogP contribution in [0.2, 0.25) is 0 Å². The second-order valence-electron chi connectivity index (χ2n) is 2.25. The summed E-state index contributed by atoms with van der Waals surface area (Å²) in [4.78, 5) is 11.4. The van der Waals surface area contributed by atoms with Crippen molar-refractivity contribution in [2.24, 2.45) is 0 Å². The Morgan fingerprint density at radius 1 is 1.15 bits per heavy atom. The van der Waals surface area contributed by atoms with Crippen LogP contribution in [0.4, 0.5) is 0 Å². The van der Waals surface area contributed by atoms with Crippen LogP contribution in [0.1, 0.15) is 20.8 Å². The van der Waals surface area contributed by atoms with Gasteiger partial charge >= 0.3 is 5.97 Å². The van der Waals surface area contributed by atoms with Gasteiger partial charge in [-0.2, -0.15) is 0 Å². The van der Waals surface area contributed by atoms with Crippen molar-refractivity contribution in [1.29, 1.82) is 0 Å². The highest BCUT2D eigenvalue weighted by molar-refractivity contribution is 7.20. The summed E-state index contributed by atoms with van der Waals surface area (Å²) in [6, 6.07) is 0. The van der Waals surface area contributed by atoms with E-state index in [0.29, 0.717) is 19.8 Å². The average Bonchev–Trinajstić information content (AvgIpc) is 2.05. The third-order valence-corrected chi connectivity index (χ3v) is 1.85. The number of ether oxygens (including phenoxy) is 3. The summed E-state index contributed by atoms with van der Waals surface area (Å²) < 4.78 is 15.1. The topological polar surface area (TPSA) is 44.8 Å². The lowest BCUT2D eigenvalue weighted by atomic mass is 10.6. The fourth-order valence-electron chi connectivity index (χ4n) is 0.820. The van der Waals surface area contributed by atoms with Crippen molar-refractivity contribution >= 4 is 15.2 Å². The Kier molecular flexibility index (Phi) is 6.21. The molecule has 78 valence electrons. The van der Waals surface area contributed by atoms with Crippen LogP contribution in [0, 0.1) is 0 Å². The van der Waals surface area contributed by atoms with Crippen LogP contribution in [0.15, 0.2) is 0 Å². The molecule has 0 aliphatic carbocycles. The number of esters is 1. The quantitative estimate of drug-likeness (QED) is 0.373. The van der Waals surface area contributed by atoms with E-state index in [1.807, 2.05) is 0 Å². The van der Waals surface area contributed by atoms with Crippen molar-refractivity contribution in [2.45, 2.75) is 26.3 Å². The molecule has 0 heterocycles. The van der Waals surface area contributed by atoms with E-state index in [1.54, 1.807) is 20.8 Å². The highest BCUT2D eigenvalue weighted by Gasteiger charge is 2.36. The van der Waals surface area contributed by atoms with Gasteiger partial charge in [-0.1, -0.05) is 9.24 Å². The van der Waals surface area contributed by atoms with Crippen LogP contribution in [-0.2, 0) is 19.0 Å². The first-order valence-corrected chi connectivity index (χ1v) is 4.92. The van der Waals surface area contributed by atoms with E-state index >= 15 is 0 Å². The van der Waals surface area contributed by atoms with Crippen molar-refractivity contribution in [2.75, 3.05) is 19.8 Å². The zero-order valence-electron chi connectivity index (χ0n) is 8.33. The molecule has 0 radical (unpaired) electrons. The maximum atomic E-state index is 11.4. The molecule has 13 heavy (non-hydrogen) atoms. The van der Waals surface area contributed by atoms with Crippen molar-refractivity contribution in [3.05, 3.63) is 0 Å². The van der Waals surface area contributed by atoms with Gasteiger partial charge in [0.2, 0.25) is 0 Å². The van der Waals surface area contributed by atoms with Crippen molar-refractivity contribution in [1.82, 2.24) is 0 Å². The lowest BCUT2D eigenvalue weighted by Crippen LogP contribution is -2.39. The summed E-state index contributed by atoms with van der Waals surface area (Å²) in [6.45, 7) is 6.41. The lowest BCUT2D eigenvalue weighted by molar-refractivity contribution is -0.207. The van der Waals surface area contributed by atoms with Gasteiger partial charge in [-0.25, -0.2) is 4.79 Å². The van der Waals surface area contributed by atoms with Gasteiger partial charge in [-0.15, -0.1) is 0 Å². The third kappa shape index (κ3) is 4.03. The molecule has 4 nitrogen and oxygen atoms in total. The largest absolute Gasteiger partial charge is 0.462 e. The normalized spacial score (nSPS) is 11.4. The fourth-order valence-corrected chi connectivity index (χ4v) is 1.24. The van der Waals surface area contributed by atoms with E-state index in [0.717, 1.165) is 0 Å². The molecule has 0 aromatic carbocycles. The molecule has 0 aliphatic rings. The zero-order valence-corrected chi connectivity index (χ0v) is 9.49. The molecular formula is C8H17O4P. The number of hydrogen-bond acceptors (Lipinski definition) is 4. The molecule has 5 heteroatoms. The first kappa shape index (κ1) is 12.8. The summed E-state index contributed by atoms with van der Waals surface area (Å²) in [5, 5.41) is 0. The molecule has 0 bridgehead atoms. The average molecular weight is 208 g/mol. The predicted octanol–water partition coefficient (Wildman–Crippen LogP) is 1.15. The Labute approximate surface area is 81.1 Å². The second-order valence-corrected chi connectivity index (χ2v) is 3.01. The van der Waals surface area contributed by atoms with Crippen molar-refractivity contribution in [3.8, 4) is 0 Å². The van der Waals surface area contributed by atoms with E-state index in [4.69, 9.17) is 14.2 Å². The highest BCUT2D eigenvalue weighted by Crippen LogP contribution is 2.23. The Morgan fingerprint density at radius 3 is 1.92 bits per heavy atom. The Morgan fingerprint density at radius 2 is 1.62 bits per heavy atom. The maximum Gasteiger partial charge on any atom is 0.370 e. The Balaban J connectivity index is 4.27. The molecule has 0 fully saturated rings. The smallest absolute Gasteiger partial charge is 0.370 e. The second kappa shape index (κ2) is 6.30. The fraction of sp³-hybridized carbons (Fsp3) is 0.875. The van der Waals surface area contributed by atoms with E-state index in [1.165, 1.54) is 0 Å². The predicted molar refractivity (Wildman–Crippen MR) is 52.3 cm³/mol. The molecule has 0 aliphatic heterocycles. The van der Waals surface area contributed by atoms with Crippen LogP contribution in [0.25, 0.3) is 0 Å². The third-order valence-electron chi connectivity index (χ3n) is 1.28. The molecule has 0 saturated carbocycles. The molecule has 0 spiro atoms. The number of hydrogen-bond donors (Lipinski definition) is 0. The van der Waals surface area contributed by atoms with Gasteiger partial charge in [0, 0.05) is 13.2 Å².